The summed E-state index contributed by atoms with van der Waals surface area (Å²) in [6.45, 7) is 8.70. The van der Waals surface area contributed by atoms with Crippen LogP contribution in [0.15, 0.2) is 30.5 Å². The van der Waals surface area contributed by atoms with Crippen LogP contribution in [0, 0.1) is 5.92 Å². The van der Waals surface area contributed by atoms with E-state index in [1.165, 1.54) is 23.2 Å². The highest BCUT2D eigenvalue weighted by Gasteiger charge is 2.39. The van der Waals surface area contributed by atoms with Crippen molar-refractivity contribution in [2.45, 2.75) is 84.7 Å². The minimum absolute atomic E-state index is 0.204. The normalized spacial score (nSPS) is 18.2. The molecule has 1 atom stereocenters. The highest BCUT2D eigenvalue weighted by molar-refractivity contribution is 5.95. The molecular weight excluding hydrogens is 346 g/mol. The van der Waals surface area contributed by atoms with Crippen molar-refractivity contribution in [3.05, 3.63) is 52.8 Å². The van der Waals surface area contributed by atoms with E-state index in [0.29, 0.717) is 18.0 Å². The molecule has 1 saturated carbocycles. The van der Waals surface area contributed by atoms with E-state index in [1.807, 2.05) is 18.3 Å². The molecule has 28 heavy (non-hydrogen) atoms. The van der Waals surface area contributed by atoms with Crippen LogP contribution in [0.3, 0.4) is 0 Å². The maximum absolute atomic E-state index is 13.2. The molecule has 4 heteroatoms. The number of fused-ring (bicyclic) bond motifs is 1. The minimum atomic E-state index is 0.204. The molecule has 2 aliphatic carbocycles. The predicted octanol–water partition coefficient (Wildman–Crippen LogP) is 5.19. The van der Waals surface area contributed by atoms with E-state index in [-0.39, 0.29) is 5.91 Å². The molecule has 2 aromatic rings. The smallest absolute Gasteiger partial charge is 0.254 e. The average molecular weight is 382 g/mol. The second kappa shape index (κ2) is 9.40. The van der Waals surface area contributed by atoms with E-state index in [9.17, 15) is 4.79 Å². The second-order valence-electron chi connectivity index (χ2n) is 8.72. The molecule has 0 radical (unpaired) electrons. The number of carbonyl (C=O) groups excluding carboxylic acids is 1. The van der Waals surface area contributed by atoms with E-state index < -0.39 is 0 Å². The minimum Gasteiger partial charge on any atom is -0.332 e. The van der Waals surface area contributed by atoms with Crippen LogP contribution in [0.1, 0.15) is 80.6 Å². The molecular formula is C24H35N3O. The summed E-state index contributed by atoms with van der Waals surface area (Å²) < 4.78 is 0. The lowest BCUT2D eigenvalue weighted by molar-refractivity contribution is 0.0643. The van der Waals surface area contributed by atoms with Crippen LogP contribution >= 0.6 is 0 Å². The quantitative estimate of drug-likeness (QED) is 0.775. The summed E-state index contributed by atoms with van der Waals surface area (Å²) in [5.41, 5.74) is 4.67. The lowest BCUT2D eigenvalue weighted by atomic mass is 9.91. The molecule has 4 rings (SSSR count). The molecule has 0 aliphatic heterocycles. The van der Waals surface area contributed by atoms with Crippen LogP contribution in [0.4, 0.5) is 0 Å². The molecule has 1 aromatic heterocycles. The molecule has 1 N–H and O–H groups in total. The number of amides is 1. The number of carbonyl (C=O) groups is 1. The largest absolute Gasteiger partial charge is 0.332 e. The summed E-state index contributed by atoms with van der Waals surface area (Å²) >= 11 is 0. The Morgan fingerprint density at radius 2 is 1.82 bits per heavy atom. The summed E-state index contributed by atoms with van der Waals surface area (Å²) in [6, 6.07) is 9.01. The Hall–Kier alpha value is -2.10. The van der Waals surface area contributed by atoms with Crippen molar-refractivity contribution in [2.24, 2.45) is 5.92 Å². The first kappa shape index (κ1) is 20.6. The molecule has 1 unspecified atom stereocenters. The van der Waals surface area contributed by atoms with Crippen molar-refractivity contribution < 1.29 is 4.79 Å². The fourth-order valence-corrected chi connectivity index (χ4v) is 4.02. The molecule has 1 amide bonds. The van der Waals surface area contributed by atoms with Gasteiger partial charge in [-0.3, -0.25) is 9.89 Å². The van der Waals surface area contributed by atoms with E-state index in [2.05, 4.69) is 54.9 Å². The lowest BCUT2D eigenvalue weighted by Gasteiger charge is -2.34. The van der Waals surface area contributed by atoms with Gasteiger partial charge >= 0.3 is 0 Å². The van der Waals surface area contributed by atoms with Gasteiger partial charge < -0.3 is 4.90 Å². The number of nitrogens with one attached hydrogen (secondary N) is 1. The van der Waals surface area contributed by atoms with Gasteiger partial charge in [0.15, 0.2) is 0 Å². The Morgan fingerprint density at radius 1 is 1.14 bits per heavy atom. The molecule has 1 heterocycles. The SMILES string of the molecule is CC(C)Cc1ccc(C(=O)N(C2CC2)C2CCc3[nH]ncc3C2)cc1.CCC. The van der Waals surface area contributed by atoms with Gasteiger partial charge in [-0.1, -0.05) is 46.2 Å². The maximum atomic E-state index is 13.2. The summed E-state index contributed by atoms with van der Waals surface area (Å²) in [6.07, 6.45) is 9.48. The predicted molar refractivity (Wildman–Crippen MR) is 115 cm³/mol. The monoisotopic (exact) mass is 381 g/mol. The van der Waals surface area contributed by atoms with Gasteiger partial charge in [0.25, 0.3) is 5.91 Å². The second-order valence-corrected chi connectivity index (χ2v) is 8.72. The van der Waals surface area contributed by atoms with Gasteiger partial charge in [-0.15, -0.1) is 0 Å². The third-order valence-electron chi connectivity index (χ3n) is 5.40. The standard InChI is InChI=1S/C21H27N3O.C3H8/c1-14(2)11-15-3-5-16(6-4-15)21(25)24(18-7-8-18)19-9-10-20-17(12-19)13-22-23-20;1-3-2/h3-6,13-14,18-19H,7-12H2,1-2H3,(H,22,23);3H2,1-2H3. The third-order valence-corrected chi connectivity index (χ3v) is 5.40. The fourth-order valence-electron chi connectivity index (χ4n) is 4.02. The van der Waals surface area contributed by atoms with E-state index in [4.69, 9.17) is 0 Å². The van der Waals surface area contributed by atoms with Crippen molar-refractivity contribution >= 4 is 5.91 Å². The number of hydrogen-bond donors (Lipinski definition) is 1. The van der Waals surface area contributed by atoms with Crippen molar-refractivity contribution in [1.82, 2.24) is 15.1 Å². The van der Waals surface area contributed by atoms with Crippen molar-refractivity contribution in [1.29, 1.82) is 0 Å². The Labute approximate surface area is 169 Å². The molecule has 0 bridgehead atoms. The first-order valence-electron chi connectivity index (χ1n) is 11.0. The number of benzene rings is 1. The molecule has 4 nitrogen and oxygen atoms in total. The van der Waals surface area contributed by atoms with Gasteiger partial charge in [0.2, 0.25) is 0 Å². The van der Waals surface area contributed by atoms with Crippen LogP contribution in [0.5, 0.6) is 0 Å². The summed E-state index contributed by atoms with van der Waals surface area (Å²) in [5, 5.41) is 7.26. The van der Waals surface area contributed by atoms with Gasteiger partial charge in [-0.2, -0.15) is 5.10 Å². The number of nitrogens with zero attached hydrogens (tertiary/aromatic N) is 2. The van der Waals surface area contributed by atoms with E-state index in [0.717, 1.165) is 44.1 Å². The molecule has 2 aliphatic rings. The van der Waals surface area contributed by atoms with Gasteiger partial charge in [-0.25, -0.2) is 0 Å². The first-order chi connectivity index (χ1) is 13.5. The number of H-pyrrole nitrogens is 1. The van der Waals surface area contributed by atoms with E-state index >= 15 is 0 Å². The molecule has 0 saturated heterocycles. The van der Waals surface area contributed by atoms with Gasteiger partial charge in [-0.05, 0) is 67.7 Å². The van der Waals surface area contributed by atoms with Crippen LogP contribution in [-0.2, 0) is 19.3 Å². The zero-order chi connectivity index (χ0) is 20.1. The Balaban J connectivity index is 0.000000706. The first-order valence-corrected chi connectivity index (χ1v) is 11.0. The van der Waals surface area contributed by atoms with Crippen LogP contribution in [0.25, 0.3) is 0 Å². The Kier molecular flexibility index (Phi) is 6.93. The highest BCUT2D eigenvalue weighted by Crippen LogP contribution is 2.34. The summed E-state index contributed by atoms with van der Waals surface area (Å²) in [4.78, 5) is 15.4. The molecule has 1 fully saturated rings. The van der Waals surface area contributed by atoms with E-state index in [1.54, 1.807) is 0 Å². The van der Waals surface area contributed by atoms with Crippen molar-refractivity contribution in [3.8, 4) is 0 Å². The zero-order valence-electron chi connectivity index (χ0n) is 17.9. The van der Waals surface area contributed by atoms with Gasteiger partial charge in [0.1, 0.15) is 0 Å². The lowest BCUT2D eigenvalue weighted by Crippen LogP contribution is -2.44. The number of aryl methyl sites for hydroxylation is 1. The third kappa shape index (κ3) is 5.03. The Bertz CT molecular complexity index is 758. The molecule has 1 aromatic carbocycles. The summed E-state index contributed by atoms with van der Waals surface area (Å²) in [5.74, 6) is 0.839. The molecule has 152 valence electrons. The maximum Gasteiger partial charge on any atom is 0.254 e. The number of rotatable bonds is 5. The molecule has 0 spiro atoms. The average Bonchev–Trinajstić information content (AvgIpc) is 3.38. The number of hydrogen-bond acceptors (Lipinski definition) is 2. The fraction of sp³-hybridized carbons (Fsp3) is 0.583. The summed E-state index contributed by atoms with van der Waals surface area (Å²) in [7, 11) is 0. The topological polar surface area (TPSA) is 49.0 Å². The number of aromatic amines is 1. The zero-order valence-corrected chi connectivity index (χ0v) is 17.9. The van der Waals surface area contributed by atoms with Gasteiger partial charge in [0, 0.05) is 23.3 Å². The van der Waals surface area contributed by atoms with Crippen LogP contribution in [-0.4, -0.2) is 33.1 Å². The van der Waals surface area contributed by atoms with Crippen molar-refractivity contribution in [2.75, 3.05) is 0 Å². The van der Waals surface area contributed by atoms with Crippen LogP contribution in [0.2, 0.25) is 0 Å². The van der Waals surface area contributed by atoms with Crippen molar-refractivity contribution in [3.63, 3.8) is 0 Å². The van der Waals surface area contributed by atoms with Crippen LogP contribution < -0.4 is 0 Å². The number of aromatic nitrogens is 2. The van der Waals surface area contributed by atoms with Gasteiger partial charge in [0.05, 0.1) is 6.20 Å². The Morgan fingerprint density at radius 3 is 2.43 bits per heavy atom. The highest BCUT2D eigenvalue weighted by atomic mass is 16.2.